The number of hydrogen-bond donors (Lipinski definition) is 2. The van der Waals surface area contributed by atoms with Gasteiger partial charge >= 0.3 is 5.97 Å². The minimum absolute atomic E-state index is 0.0327. The van der Waals surface area contributed by atoms with Crippen LogP contribution in [-0.2, 0) is 14.6 Å². The highest BCUT2D eigenvalue weighted by Crippen LogP contribution is 1.94. The monoisotopic (exact) mass is 211 g/mol. The standard InChI is InChI=1S/C5H9NO4S2/c6-4(11)1-2-12(9,10)3-5(7)8/h1-3H2,(H2,6,11)(H,7,8). The van der Waals surface area contributed by atoms with Crippen molar-refractivity contribution >= 4 is 33.0 Å². The second-order valence-electron chi connectivity index (χ2n) is 2.20. The molecule has 0 aromatic heterocycles. The molecule has 0 aromatic rings. The molecule has 3 N–H and O–H groups in total. The summed E-state index contributed by atoms with van der Waals surface area (Å²) in [5, 5.41) is 8.17. The van der Waals surface area contributed by atoms with Crippen molar-refractivity contribution in [2.45, 2.75) is 6.42 Å². The Morgan fingerprint density at radius 2 is 2.00 bits per heavy atom. The number of carboxylic acid groups (broad SMARTS) is 1. The van der Waals surface area contributed by atoms with E-state index in [0.717, 1.165) is 0 Å². The topological polar surface area (TPSA) is 97.5 Å². The molecule has 0 rings (SSSR count). The molecule has 0 atom stereocenters. The number of carbonyl (C=O) groups is 1. The number of sulfone groups is 1. The molecule has 5 nitrogen and oxygen atoms in total. The van der Waals surface area contributed by atoms with Gasteiger partial charge in [0.15, 0.2) is 9.84 Å². The Hall–Kier alpha value is -0.690. The minimum Gasteiger partial charge on any atom is -0.480 e. The van der Waals surface area contributed by atoms with Crippen LogP contribution < -0.4 is 5.73 Å². The van der Waals surface area contributed by atoms with E-state index in [1.165, 1.54) is 0 Å². The average molecular weight is 211 g/mol. The summed E-state index contributed by atoms with van der Waals surface area (Å²) in [5.41, 5.74) is 5.05. The van der Waals surface area contributed by atoms with Gasteiger partial charge in [-0.05, 0) is 0 Å². The fourth-order valence-corrected chi connectivity index (χ4v) is 1.80. The molecular formula is C5H9NO4S2. The van der Waals surface area contributed by atoms with Crippen molar-refractivity contribution in [3.8, 4) is 0 Å². The summed E-state index contributed by atoms with van der Waals surface area (Å²) in [7, 11) is -3.54. The van der Waals surface area contributed by atoms with Crippen molar-refractivity contribution in [2.75, 3.05) is 11.5 Å². The van der Waals surface area contributed by atoms with Crippen LogP contribution in [0.4, 0.5) is 0 Å². The Morgan fingerprint density at radius 3 is 2.33 bits per heavy atom. The summed E-state index contributed by atoms with van der Waals surface area (Å²) in [4.78, 5) is 10.1. The van der Waals surface area contributed by atoms with Crippen LogP contribution in [0.5, 0.6) is 0 Å². The first-order valence-corrected chi connectivity index (χ1v) is 5.27. The average Bonchev–Trinajstić information content (AvgIpc) is 1.81. The summed E-state index contributed by atoms with van der Waals surface area (Å²) >= 11 is 4.44. The fourth-order valence-electron chi connectivity index (χ4n) is 0.516. The molecule has 0 fully saturated rings. The molecule has 0 bridgehead atoms. The van der Waals surface area contributed by atoms with E-state index in [0.29, 0.717) is 0 Å². The number of aliphatic carboxylic acids is 1. The van der Waals surface area contributed by atoms with Crippen molar-refractivity contribution in [3.05, 3.63) is 0 Å². The molecule has 0 radical (unpaired) electrons. The molecule has 7 heteroatoms. The van der Waals surface area contributed by atoms with Crippen LogP contribution in [0.25, 0.3) is 0 Å². The van der Waals surface area contributed by atoms with Crippen LogP contribution in [0.2, 0.25) is 0 Å². The maximum Gasteiger partial charge on any atom is 0.318 e. The second-order valence-corrected chi connectivity index (χ2v) is 4.91. The van der Waals surface area contributed by atoms with E-state index in [1.807, 2.05) is 0 Å². The zero-order chi connectivity index (χ0) is 9.78. The van der Waals surface area contributed by atoms with Gasteiger partial charge in [0.25, 0.3) is 0 Å². The van der Waals surface area contributed by atoms with Gasteiger partial charge in [0.1, 0.15) is 5.75 Å². The lowest BCUT2D eigenvalue weighted by molar-refractivity contribution is -0.134. The van der Waals surface area contributed by atoms with Crippen molar-refractivity contribution in [1.82, 2.24) is 0 Å². The number of carboxylic acids is 1. The highest BCUT2D eigenvalue weighted by Gasteiger charge is 2.15. The van der Waals surface area contributed by atoms with E-state index in [1.54, 1.807) is 0 Å². The summed E-state index contributed by atoms with van der Waals surface area (Å²) in [6, 6.07) is 0. The van der Waals surface area contributed by atoms with Gasteiger partial charge in [-0.1, -0.05) is 12.2 Å². The predicted octanol–water partition coefficient (Wildman–Crippen LogP) is -0.838. The molecule has 12 heavy (non-hydrogen) atoms. The molecule has 70 valence electrons. The summed E-state index contributed by atoms with van der Waals surface area (Å²) in [6.07, 6.45) is 0.0327. The largest absolute Gasteiger partial charge is 0.480 e. The van der Waals surface area contributed by atoms with Gasteiger partial charge in [-0.3, -0.25) is 4.79 Å². The van der Waals surface area contributed by atoms with E-state index in [-0.39, 0.29) is 17.2 Å². The van der Waals surface area contributed by atoms with Crippen LogP contribution in [0, 0.1) is 0 Å². The smallest absolute Gasteiger partial charge is 0.318 e. The second kappa shape index (κ2) is 4.36. The fraction of sp³-hybridized carbons (Fsp3) is 0.600. The molecule has 0 amide bonds. The summed E-state index contributed by atoms with van der Waals surface area (Å²) in [5.74, 6) is -2.53. The quantitative estimate of drug-likeness (QED) is 0.575. The number of hydrogen-bond acceptors (Lipinski definition) is 4. The van der Waals surface area contributed by atoms with Gasteiger partial charge in [0.2, 0.25) is 0 Å². The van der Waals surface area contributed by atoms with Gasteiger partial charge < -0.3 is 10.8 Å². The molecular weight excluding hydrogens is 202 g/mol. The third-order valence-corrected chi connectivity index (χ3v) is 2.72. The number of rotatable bonds is 5. The van der Waals surface area contributed by atoms with Crippen LogP contribution in [0.1, 0.15) is 6.42 Å². The normalized spacial score (nSPS) is 11.0. The van der Waals surface area contributed by atoms with Crippen molar-refractivity contribution in [3.63, 3.8) is 0 Å². The Kier molecular flexibility index (Phi) is 4.11. The lowest BCUT2D eigenvalue weighted by Gasteiger charge is -1.98. The Balaban J connectivity index is 4.06. The lowest BCUT2D eigenvalue weighted by atomic mass is 10.5. The third kappa shape index (κ3) is 6.05. The zero-order valence-corrected chi connectivity index (χ0v) is 7.82. The van der Waals surface area contributed by atoms with Gasteiger partial charge in [0.05, 0.1) is 10.7 Å². The van der Waals surface area contributed by atoms with Crippen molar-refractivity contribution < 1.29 is 18.3 Å². The molecule has 0 aliphatic heterocycles. The number of thiocarbonyl (C=S) groups is 1. The first-order chi connectivity index (χ1) is 5.33. The SMILES string of the molecule is NC(=S)CCS(=O)(=O)CC(=O)O. The molecule has 0 heterocycles. The molecule has 0 spiro atoms. The molecule has 0 saturated carbocycles. The molecule has 0 aliphatic rings. The van der Waals surface area contributed by atoms with Crippen LogP contribution in [0.15, 0.2) is 0 Å². The Labute approximate surface area is 75.5 Å². The van der Waals surface area contributed by atoms with Crippen molar-refractivity contribution in [2.24, 2.45) is 5.73 Å². The Morgan fingerprint density at radius 1 is 1.50 bits per heavy atom. The summed E-state index contributed by atoms with van der Waals surface area (Å²) < 4.78 is 21.7. The van der Waals surface area contributed by atoms with E-state index in [2.05, 4.69) is 12.2 Å². The molecule has 0 aliphatic carbocycles. The lowest BCUT2D eigenvalue weighted by Crippen LogP contribution is -2.21. The maximum absolute atomic E-state index is 10.8. The third-order valence-electron chi connectivity index (χ3n) is 1.00. The molecule has 0 aromatic carbocycles. The first-order valence-electron chi connectivity index (χ1n) is 3.04. The minimum atomic E-state index is -3.54. The van der Waals surface area contributed by atoms with Crippen LogP contribution >= 0.6 is 12.2 Å². The van der Waals surface area contributed by atoms with E-state index >= 15 is 0 Å². The van der Waals surface area contributed by atoms with E-state index in [4.69, 9.17) is 10.8 Å². The highest BCUT2D eigenvalue weighted by atomic mass is 32.2. The first kappa shape index (κ1) is 11.3. The van der Waals surface area contributed by atoms with Gasteiger partial charge in [-0.25, -0.2) is 8.42 Å². The summed E-state index contributed by atoms with van der Waals surface area (Å²) in [6.45, 7) is 0. The maximum atomic E-state index is 10.8. The molecule has 0 unspecified atom stereocenters. The van der Waals surface area contributed by atoms with Crippen LogP contribution in [0.3, 0.4) is 0 Å². The van der Waals surface area contributed by atoms with Gasteiger partial charge in [-0.15, -0.1) is 0 Å². The van der Waals surface area contributed by atoms with Gasteiger partial charge in [0, 0.05) is 6.42 Å². The number of nitrogens with two attached hydrogens (primary N) is 1. The highest BCUT2D eigenvalue weighted by molar-refractivity contribution is 7.92. The van der Waals surface area contributed by atoms with E-state index in [9.17, 15) is 13.2 Å². The van der Waals surface area contributed by atoms with E-state index < -0.39 is 21.6 Å². The van der Waals surface area contributed by atoms with Gasteiger partial charge in [-0.2, -0.15) is 0 Å². The van der Waals surface area contributed by atoms with Crippen molar-refractivity contribution in [1.29, 1.82) is 0 Å². The molecule has 0 saturated heterocycles. The zero-order valence-electron chi connectivity index (χ0n) is 6.19. The predicted molar refractivity (Wildman–Crippen MR) is 47.7 cm³/mol. The van der Waals surface area contributed by atoms with Crippen LogP contribution in [-0.4, -0.2) is 36.0 Å². The Bertz CT molecular complexity index is 282.